The van der Waals surface area contributed by atoms with Gasteiger partial charge in [0.1, 0.15) is 5.82 Å². The molecule has 5 nitrogen and oxygen atoms in total. The van der Waals surface area contributed by atoms with Gasteiger partial charge in [0.2, 0.25) is 11.8 Å². The van der Waals surface area contributed by atoms with Crippen LogP contribution in [0.5, 0.6) is 0 Å². The topological polar surface area (TPSA) is 52.7 Å². The van der Waals surface area contributed by atoms with Crippen molar-refractivity contribution >= 4 is 29.1 Å². The fourth-order valence-electron chi connectivity index (χ4n) is 3.43. The Bertz CT molecular complexity index is 874. The second-order valence-electron chi connectivity index (χ2n) is 7.16. The van der Waals surface area contributed by atoms with Crippen molar-refractivity contribution in [3.63, 3.8) is 0 Å². The SMILES string of the molecule is CN(C)[C@@H](CNC(=O)[C@H]1CC(=O)N(c2cccc(Cl)c2)C1)c1cccc(F)c1. The van der Waals surface area contributed by atoms with E-state index in [4.69, 9.17) is 11.6 Å². The van der Waals surface area contributed by atoms with Gasteiger partial charge in [-0.05, 0) is 50.0 Å². The minimum Gasteiger partial charge on any atom is -0.354 e. The van der Waals surface area contributed by atoms with Crippen molar-refractivity contribution in [3.05, 3.63) is 64.9 Å². The van der Waals surface area contributed by atoms with E-state index in [9.17, 15) is 14.0 Å². The van der Waals surface area contributed by atoms with Crippen molar-refractivity contribution in [1.82, 2.24) is 10.2 Å². The number of anilines is 1. The normalized spacial score (nSPS) is 17.8. The van der Waals surface area contributed by atoms with Crippen LogP contribution in [-0.2, 0) is 9.59 Å². The summed E-state index contributed by atoms with van der Waals surface area (Å²) in [6, 6.07) is 13.2. The fraction of sp³-hybridized carbons (Fsp3) is 0.333. The van der Waals surface area contributed by atoms with E-state index in [0.717, 1.165) is 5.56 Å². The first kappa shape index (κ1) is 20.3. The number of halogens is 2. The number of rotatable bonds is 6. The van der Waals surface area contributed by atoms with E-state index in [2.05, 4.69) is 5.32 Å². The number of benzene rings is 2. The summed E-state index contributed by atoms with van der Waals surface area (Å²) in [6.45, 7) is 0.648. The number of hydrogen-bond donors (Lipinski definition) is 1. The summed E-state index contributed by atoms with van der Waals surface area (Å²) in [4.78, 5) is 28.5. The zero-order valence-corrected chi connectivity index (χ0v) is 16.6. The molecule has 7 heteroatoms. The molecule has 1 fully saturated rings. The van der Waals surface area contributed by atoms with Crippen LogP contribution >= 0.6 is 11.6 Å². The molecule has 1 saturated heterocycles. The summed E-state index contributed by atoms with van der Waals surface area (Å²) in [5, 5.41) is 3.46. The number of carbonyl (C=O) groups is 2. The molecular weight excluding hydrogens is 381 g/mol. The van der Waals surface area contributed by atoms with Gasteiger partial charge in [-0.2, -0.15) is 0 Å². The summed E-state index contributed by atoms with van der Waals surface area (Å²) in [6.07, 6.45) is 0.158. The molecule has 2 atom stereocenters. The second kappa shape index (κ2) is 8.71. The van der Waals surface area contributed by atoms with Crippen molar-refractivity contribution in [2.45, 2.75) is 12.5 Å². The third-order valence-corrected chi connectivity index (χ3v) is 5.18. The summed E-state index contributed by atoms with van der Waals surface area (Å²) in [5.41, 5.74) is 1.48. The summed E-state index contributed by atoms with van der Waals surface area (Å²) >= 11 is 6.00. The predicted octanol–water partition coefficient (Wildman–Crippen LogP) is 3.25. The summed E-state index contributed by atoms with van der Waals surface area (Å²) in [5.74, 6) is -1.02. The Morgan fingerprint density at radius 3 is 2.71 bits per heavy atom. The minimum atomic E-state index is -0.429. The molecule has 0 bridgehead atoms. The quantitative estimate of drug-likeness (QED) is 0.805. The first-order valence-corrected chi connectivity index (χ1v) is 9.48. The number of amides is 2. The maximum absolute atomic E-state index is 13.6. The molecule has 0 saturated carbocycles. The monoisotopic (exact) mass is 403 g/mol. The van der Waals surface area contributed by atoms with Crippen LogP contribution in [0.25, 0.3) is 0 Å². The van der Waals surface area contributed by atoms with E-state index < -0.39 is 5.92 Å². The number of hydrogen-bond acceptors (Lipinski definition) is 3. The highest BCUT2D eigenvalue weighted by Crippen LogP contribution is 2.27. The lowest BCUT2D eigenvalue weighted by Gasteiger charge is -2.25. The van der Waals surface area contributed by atoms with Gasteiger partial charge in [0, 0.05) is 30.2 Å². The molecule has 3 rings (SSSR count). The van der Waals surface area contributed by atoms with Crippen molar-refractivity contribution in [2.24, 2.45) is 5.92 Å². The van der Waals surface area contributed by atoms with Gasteiger partial charge < -0.3 is 15.1 Å². The van der Waals surface area contributed by atoms with Crippen molar-refractivity contribution < 1.29 is 14.0 Å². The van der Waals surface area contributed by atoms with E-state index in [1.54, 1.807) is 35.2 Å². The van der Waals surface area contributed by atoms with Crippen LogP contribution in [-0.4, -0.2) is 43.9 Å². The van der Waals surface area contributed by atoms with E-state index in [1.165, 1.54) is 12.1 Å². The Hall–Kier alpha value is -2.44. The van der Waals surface area contributed by atoms with Crippen LogP contribution in [0, 0.1) is 11.7 Å². The molecule has 148 valence electrons. The Balaban J connectivity index is 1.63. The van der Waals surface area contributed by atoms with Gasteiger partial charge in [-0.1, -0.05) is 29.8 Å². The van der Waals surface area contributed by atoms with Crippen LogP contribution in [0.2, 0.25) is 5.02 Å². The van der Waals surface area contributed by atoms with Gasteiger partial charge in [-0.15, -0.1) is 0 Å². The van der Waals surface area contributed by atoms with E-state index >= 15 is 0 Å². The third-order valence-electron chi connectivity index (χ3n) is 4.94. The van der Waals surface area contributed by atoms with Gasteiger partial charge in [-0.25, -0.2) is 4.39 Å². The van der Waals surface area contributed by atoms with Gasteiger partial charge in [0.25, 0.3) is 0 Å². The molecule has 2 amide bonds. The molecule has 0 unspecified atom stereocenters. The zero-order chi connectivity index (χ0) is 20.3. The first-order valence-electron chi connectivity index (χ1n) is 9.10. The second-order valence-corrected chi connectivity index (χ2v) is 7.60. The third kappa shape index (κ3) is 4.69. The molecule has 0 aromatic heterocycles. The Morgan fingerprint density at radius 1 is 1.29 bits per heavy atom. The highest BCUT2D eigenvalue weighted by Gasteiger charge is 2.35. The van der Waals surface area contributed by atoms with Crippen LogP contribution in [0.1, 0.15) is 18.0 Å². The van der Waals surface area contributed by atoms with Crippen LogP contribution in [0.3, 0.4) is 0 Å². The first-order chi connectivity index (χ1) is 13.3. The number of nitrogens with zero attached hydrogens (tertiary/aromatic N) is 2. The number of nitrogens with one attached hydrogen (secondary N) is 1. The molecule has 1 aliphatic heterocycles. The van der Waals surface area contributed by atoms with Gasteiger partial charge in [0.15, 0.2) is 0 Å². The zero-order valence-electron chi connectivity index (χ0n) is 15.9. The molecule has 0 aliphatic carbocycles. The number of likely N-dealkylation sites (N-methyl/N-ethyl adjacent to an activating group) is 1. The van der Waals surface area contributed by atoms with Gasteiger partial charge in [-0.3, -0.25) is 9.59 Å². The molecular formula is C21H23ClFN3O2. The average Bonchev–Trinajstić information content (AvgIpc) is 3.03. The average molecular weight is 404 g/mol. The van der Waals surface area contributed by atoms with Crippen molar-refractivity contribution in [3.8, 4) is 0 Å². The Kier molecular flexibility index (Phi) is 6.31. The molecule has 1 heterocycles. The highest BCUT2D eigenvalue weighted by molar-refractivity contribution is 6.31. The molecule has 0 spiro atoms. The predicted molar refractivity (Wildman–Crippen MR) is 108 cm³/mol. The van der Waals surface area contributed by atoms with E-state index in [-0.39, 0.29) is 30.1 Å². The maximum Gasteiger partial charge on any atom is 0.227 e. The lowest BCUT2D eigenvalue weighted by molar-refractivity contribution is -0.126. The highest BCUT2D eigenvalue weighted by atomic mass is 35.5. The van der Waals surface area contributed by atoms with Crippen molar-refractivity contribution in [1.29, 1.82) is 0 Å². The van der Waals surface area contributed by atoms with Gasteiger partial charge in [0.05, 0.1) is 12.0 Å². The van der Waals surface area contributed by atoms with Crippen LogP contribution in [0.4, 0.5) is 10.1 Å². The maximum atomic E-state index is 13.6. The number of carbonyl (C=O) groups excluding carboxylic acids is 2. The lowest BCUT2D eigenvalue weighted by atomic mass is 10.0. The Morgan fingerprint density at radius 2 is 2.04 bits per heavy atom. The van der Waals surface area contributed by atoms with E-state index in [0.29, 0.717) is 23.8 Å². The van der Waals surface area contributed by atoms with Crippen LogP contribution in [0.15, 0.2) is 48.5 Å². The molecule has 28 heavy (non-hydrogen) atoms. The van der Waals surface area contributed by atoms with Crippen LogP contribution < -0.4 is 10.2 Å². The molecule has 2 aromatic rings. The summed E-state index contributed by atoms with van der Waals surface area (Å²) < 4.78 is 13.6. The van der Waals surface area contributed by atoms with Crippen molar-refractivity contribution in [2.75, 3.05) is 32.1 Å². The molecule has 1 N–H and O–H groups in total. The molecule has 2 aromatic carbocycles. The van der Waals surface area contributed by atoms with Gasteiger partial charge >= 0.3 is 0 Å². The summed E-state index contributed by atoms with van der Waals surface area (Å²) in [7, 11) is 3.75. The standard InChI is InChI=1S/C21H23ClFN3O2/c1-25(2)19(14-5-3-7-17(23)9-14)12-24-21(28)15-10-20(27)26(13-15)18-8-4-6-16(22)11-18/h3-9,11,15,19H,10,12-13H2,1-2H3,(H,24,28)/t15-,19-/m0/s1. The van der Waals surface area contributed by atoms with E-state index in [1.807, 2.05) is 25.1 Å². The lowest BCUT2D eigenvalue weighted by Crippen LogP contribution is -2.38. The smallest absolute Gasteiger partial charge is 0.227 e. The fourth-order valence-corrected chi connectivity index (χ4v) is 3.62. The largest absolute Gasteiger partial charge is 0.354 e. The molecule has 1 aliphatic rings. The minimum absolute atomic E-state index is 0.100. The Labute approximate surface area is 169 Å². The molecule has 0 radical (unpaired) electrons.